The normalized spacial score (nSPS) is 13.5. The van der Waals surface area contributed by atoms with Gasteiger partial charge in [-0.25, -0.2) is 4.90 Å². The molecule has 4 rings (SSSR count). The fraction of sp³-hybridized carbons (Fsp3) is 0.148. The molecular weight excluding hydrogens is 450 g/mol. The van der Waals surface area contributed by atoms with E-state index in [1.807, 2.05) is 57.2 Å². The molecule has 3 amide bonds. The van der Waals surface area contributed by atoms with Crippen molar-refractivity contribution >= 4 is 46.4 Å². The van der Waals surface area contributed by atoms with Gasteiger partial charge in [0.1, 0.15) is 10.7 Å². The van der Waals surface area contributed by atoms with Crippen LogP contribution in [0.3, 0.4) is 0 Å². The third-order valence-corrected chi connectivity index (χ3v) is 5.87. The summed E-state index contributed by atoms with van der Waals surface area (Å²) in [5, 5.41) is 2.78. The quantitative estimate of drug-likeness (QED) is 0.486. The fourth-order valence-corrected chi connectivity index (χ4v) is 4.19. The van der Waals surface area contributed by atoms with Gasteiger partial charge < -0.3 is 10.2 Å². The van der Waals surface area contributed by atoms with E-state index in [4.69, 9.17) is 11.6 Å². The number of nitrogens with zero attached hydrogens (tertiary/aromatic N) is 2. The summed E-state index contributed by atoms with van der Waals surface area (Å²) in [6.45, 7) is 6.24. The molecule has 1 aliphatic heterocycles. The maximum atomic E-state index is 13.1. The number of imide groups is 1. The van der Waals surface area contributed by atoms with Crippen molar-refractivity contribution in [2.45, 2.75) is 20.8 Å². The molecule has 1 heterocycles. The minimum atomic E-state index is -0.576. The summed E-state index contributed by atoms with van der Waals surface area (Å²) in [7, 11) is 0. The van der Waals surface area contributed by atoms with Gasteiger partial charge in [0.2, 0.25) is 0 Å². The predicted octanol–water partition coefficient (Wildman–Crippen LogP) is 5.41. The van der Waals surface area contributed by atoms with Crippen LogP contribution in [0, 0.1) is 13.8 Å². The summed E-state index contributed by atoms with van der Waals surface area (Å²) < 4.78 is 0. The minimum Gasteiger partial charge on any atom is -0.350 e. The Hall–Kier alpha value is -3.90. The molecule has 6 nitrogen and oxygen atoms in total. The van der Waals surface area contributed by atoms with Gasteiger partial charge in [0.25, 0.3) is 17.7 Å². The van der Waals surface area contributed by atoms with Gasteiger partial charge >= 0.3 is 0 Å². The molecule has 0 fully saturated rings. The number of rotatable bonds is 6. The fourth-order valence-electron chi connectivity index (χ4n) is 3.97. The minimum absolute atomic E-state index is 0.00405. The number of hydrogen-bond acceptors (Lipinski definition) is 4. The van der Waals surface area contributed by atoms with Crippen molar-refractivity contribution in [3.05, 3.63) is 100 Å². The molecule has 0 unspecified atom stereocenters. The molecule has 3 aromatic rings. The van der Waals surface area contributed by atoms with E-state index in [9.17, 15) is 14.4 Å². The Balaban J connectivity index is 1.53. The summed E-state index contributed by atoms with van der Waals surface area (Å²) in [6.07, 6.45) is 0. The van der Waals surface area contributed by atoms with Crippen LogP contribution >= 0.6 is 11.6 Å². The van der Waals surface area contributed by atoms with Crippen LogP contribution in [0.2, 0.25) is 0 Å². The predicted molar refractivity (Wildman–Crippen MR) is 135 cm³/mol. The number of carbonyl (C=O) groups is 3. The van der Waals surface area contributed by atoms with Crippen LogP contribution in [0.1, 0.15) is 28.4 Å². The highest BCUT2D eigenvalue weighted by Crippen LogP contribution is 2.31. The van der Waals surface area contributed by atoms with Gasteiger partial charge in [-0.1, -0.05) is 35.9 Å². The van der Waals surface area contributed by atoms with Gasteiger partial charge in [0.05, 0.1) is 5.69 Å². The third-order valence-electron chi connectivity index (χ3n) is 5.52. The molecule has 7 heteroatoms. The Kier molecular flexibility index (Phi) is 6.52. The topological polar surface area (TPSA) is 69.7 Å². The lowest BCUT2D eigenvalue weighted by molar-refractivity contribution is -0.120. The highest BCUT2D eigenvalue weighted by atomic mass is 35.5. The Morgan fingerprint density at radius 3 is 2.12 bits per heavy atom. The Morgan fingerprint density at radius 2 is 1.53 bits per heavy atom. The lowest BCUT2D eigenvalue weighted by Crippen LogP contribution is -2.32. The molecule has 0 saturated heterocycles. The zero-order chi connectivity index (χ0) is 24.4. The number of nitrogens with one attached hydrogen (secondary N) is 1. The maximum absolute atomic E-state index is 13.1. The first kappa shape index (κ1) is 23.3. The Morgan fingerprint density at radius 1 is 0.912 bits per heavy atom. The van der Waals surface area contributed by atoms with Crippen LogP contribution in [0.5, 0.6) is 0 Å². The molecule has 0 saturated carbocycles. The second-order valence-electron chi connectivity index (χ2n) is 8.07. The molecule has 3 aromatic carbocycles. The number of benzene rings is 3. The van der Waals surface area contributed by atoms with E-state index < -0.39 is 11.8 Å². The van der Waals surface area contributed by atoms with Crippen molar-refractivity contribution in [2.75, 3.05) is 21.7 Å². The molecular formula is C27H24ClN3O3. The molecule has 172 valence electrons. The van der Waals surface area contributed by atoms with Gasteiger partial charge in [0.15, 0.2) is 0 Å². The van der Waals surface area contributed by atoms with Crippen LogP contribution in [0.25, 0.3) is 0 Å². The van der Waals surface area contributed by atoms with Crippen molar-refractivity contribution in [1.82, 2.24) is 0 Å². The van der Waals surface area contributed by atoms with Crippen molar-refractivity contribution in [1.29, 1.82) is 0 Å². The molecule has 34 heavy (non-hydrogen) atoms. The number of halogens is 1. The highest BCUT2D eigenvalue weighted by molar-refractivity contribution is 6.53. The van der Waals surface area contributed by atoms with E-state index in [0.29, 0.717) is 23.5 Å². The van der Waals surface area contributed by atoms with Gasteiger partial charge in [0, 0.05) is 23.5 Å². The average molecular weight is 474 g/mol. The van der Waals surface area contributed by atoms with E-state index in [1.54, 1.807) is 41.3 Å². The molecule has 1 N–H and O–H groups in total. The summed E-state index contributed by atoms with van der Waals surface area (Å²) in [6, 6.07) is 21.6. The zero-order valence-corrected chi connectivity index (χ0v) is 19.9. The largest absolute Gasteiger partial charge is 0.350 e. The van der Waals surface area contributed by atoms with E-state index in [1.165, 1.54) is 0 Å². The summed E-state index contributed by atoms with van der Waals surface area (Å²) in [5.74, 6) is -1.24. The first-order valence-electron chi connectivity index (χ1n) is 10.9. The van der Waals surface area contributed by atoms with Crippen LogP contribution < -0.4 is 15.1 Å². The Bertz CT molecular complexity index is 1280. The van der Waals surface area contributed by atoms with Gasteiger partial charge in [-0.3, -0.25) is 14.4 Å². The van der Waals surface area contributed by atoms with Crippen molar-refractivity contribution < 1.29 is 14.4 Å². The van der Waals surface area contributed by atoms with Crippen LogP contribution in [0.15, 0.2) is 83.5 Å². The van der Waals surface area contributed by atoms with Gasteiger partial charge in [-0.2, -0.15) is 0 Å². The first-order valence-corrected chi connectivity index (χ1v) is 11.3. The van der Waals surface area contributed by atoms with E-state index in [0.717, 1.165) is 21.7 Å². The summed E-state index contributed by atoms with van der Waals surface area (Å²) in [5.41, 5.74) is 4.21. The maximum Gasteiger partial charge on any atom is 0.283 e. The molecule has 1 aliphatic rings. The number of amides is 3. The Labute approximate surface area is 203 Å². The second-order valence-corrected chi connectivity index (χ2v) is 8.45. The monoisotopic (exact) mass is 473 g/mol. The lowest BCUT2D eigenvalue weighted by Gasteiger charge is -2.21. The standard InChI is InChI=1S/C27H24ClN3O3/c1-4-30(21-8-6-5-7-9-21)25(32)19-10-12-20(13-11-19)29-24-23(28)26(33)31(27(24)34)22-15-17(2)14-18(3)16-22/h5-16,29H,4H2,1-3H3. The second kappa shape index (κ2) is 9.53. The van der Waals surface area contributed by atoms with Crippen LogP contribution in [-0.4, -0.2) is 24.3 Å². The number of para-hydroxylation sites is 1. The van der Waals surface area contributed by atoms with E-state index in [2.05, 4.69) is 5.32 Å². The van der Waals surface area contributed by atoms with Crippen LogP contribution in [-0.2, 0) is 9.59 Å². The highest BCUT2D eigenvalue weighted by Gasteiger charge is 2.39. The zero-order valence-electron chi connectivity index (χ0n) is 19.1. The van der Waals surface area contributed by atoms with Crippen molar-refractivity contribution in [3.63, 3.8) is 0 Å². The lowest BCUT2D eigenvalue weighted by atomic mass is 10.1. The first-order chi connectivity index (χ1) is 16.3. The van der Waals surface area contributed by atoms with Gasteiger partial charge in [-0.05, 0) is 80.4 Å². The summed E-state index contributed by atoms with van der Waals surface area (Å²) >= 11 is 6.25. The molecule has 0 bridgehead atoms. The van der Waals surface area contributed by atoms with Gasteiger partial charge in [-0.15, -0.1) is 0 Å². The van der Waals surface area contributed by atoms with E-state index in [-0.39, 0.29) is 16.6 Å². The van der Waals surface area contributed by atoms with Crippen molar-refractivity contribution in [2.24, 2.45) is 0 Å². The average Bonchev–Trinajstić information content (AvgIpc) is 3.03. The van der Waals surface area contributed by atoms with Crippen molar-refractivity contribution in [3.8, 4) is 0 Å². The third kappa shape index (κ3) is 4.45. The number of anilines is 3. The number of hydrogen-bond donors (Lipinski definition) is 1. The van der Waals surface area contributed by atoms with Crippen LogP contribution in [0.4, 0.5) is 17.1 Å². The molecule has 0 aromatic heterocycles. The molecule has 0 spiro atoms. The smallest absolute Gasteiger partial charge is 0.283 e. The molecule has 0 radical (unpaired) electrons. The SMILES string of the molecule is CCN(C(=O)c1ccc(NC2=C(Cl)C(=O)N(c3cc(C)cc(C)c3)C2=O)cc1)c1ccccc1. The number of aryl methyl sites for hydroxylation is 2. The van der Waals surface area contributed by atoms with E-state index >= 15 is 0 Å². The summed E-state index contributed by atoms with van der Waals surface area (Å²) in [4.78, 5) is 41.6. The molecule has 0 atom stereocenters. The number of carbonyl (C=O) groups excluding carboxylic acids is 3. The molecule has 0 aliphatic carbocycles.